The normalized spacial score (nSPS) is 10.6. The molecule has 1 aromatic heterocycles. The lowest BCUT2D eigenvalue weighted by molar-refractivity contribution is 0.244. The molecule has 0 saturated carbocycles. The zero-order valence-corrected chi connectivity index (χ0v) is 15.0. The summed E-state index contributed by atoms with van der Waals surface area (Å²) in [5, 5.41) is 14.5. The van der Waals surface area contributed by atoms with Crippen molar-refractivity contribution >= 4 is 17.5 Å². The van der Waals surface area contributed by atoms with Crippen LogP contribution in [0.1, 0.15) is 19.4 Å². The van der Waals surface area contributed by atoms with Crippen LogP contribution >= 0.6 is 0 Å². The molecule has 6 nitrogen and oxygen atoms in total. The van der Waals surface area contributed by atoms with Gasteiger partial charge in [-0.2, -0.15) is 10.1 Å². The number of nitrogens with zero attached hydrogens (tertiary/aromatic N) is 3. The Hall–Kier alpha value is -3.15. The molecule has 3 rings (SSSR count). The average Bonchev–Trinajstić information content (AvgIpc) is 2.64. The fraction of sp³-hybridized carbons (Fsp3) is 0.250. The van der Waals surface area contributed by atoms with Crippen LogP contribution < -0.4 is 15.4 Å². The van der Waals surface area contributed by atoms with Gasteiger partial charge < -0.3 is 15.4 Å². The summed E-state index contributed by atoms with van der Waals surface area (Å²) in [4.78, 5) is 4.47. The maximum Gasteiger partial charge on any atom is 0.244 e. The van der Waals surface area contributed by atoms with Crippen molar-refractivity contribution in [3.63, 3.8) is 0 Å². The first-order valence-corrected chi connectivity index (χ1v) is 8.71. The Kier molecular flexibility index (Phi) is 5.98. The lowest BCUT2D eigenvalue weighted by Gasteiger charge is -2.15. The van der Waals surface area contributed by atoms with Crippen LogP contribution in [0, 0.1) is 0 Å². The van der Waals surface area contributed by atoms with E-state index in [1.807, 2.05) is 56.3 Å². The molecule has 0 spiro atoms. The van der Waals surface area contributed by atoms with Crippen LogP contribution in [0.4, 0.5) is 17.5 Å². The molecule has 2 aromatic carbocycles. The Morgan fingerprint density at radius 1 is 1.00 bits per heavy atom. The van der Waals surface area contributed by atoms with Crippen molar-refractivity contribution in [2.45, 2.75) is 26.4 Å². The molecule has 0 fully saturated rings. The predicted molar refractivity (Wildman–Crippen MR) is 104 cm³/mol. The van der Waals surface area contributed by atoms with E-state index in [1.54, 1.807) is 6.20 Å². The van der Waals surface area contributed by atoms with Crippen LogP contribution in [0.5, 0.6) is 5.75 Å². The molecular formula is C20H23N5O. The smallest absolute Gasteiger partial charge is 0.244 e. The van der Waals surface area contributed by atoms with Crippen molar-refractivity contribution in [1.82, 2.24) is 15.2 Å². The number of rotatable bonds is 8. The van der Waals surface area contributed by atoms with E-state index in [0.29, 0.717) is 11.8 Å². The average molecular weight is 349 g/mol. The molecule has 2 N–H and O–H groups in total. The lowest BCUT2D eigenvalue weighted by Crippen LogP contribution is -2.10. The van der Waals surface area contributed by atoms with Crippen LogP contribution in [0.15, 0.2) is 60.8 Å². The molecule has 26 heavy (non-hydrogen) atoms. The van der Waals surface area contributed by atoms with E-state index in [-0.39, 0.29) is 6.10 Å². The van der Waals surface area contributed by atoms with Crippen molar-refractivity contribution < 1.29 is 4.74 Å². The molecule has 1 heterocycles. The Balaban J connectivity index is 1.62. The van der Waals surface area contributed by atoms with E-state index >= 15 is 0 Å². The number of anilines is 3. The van der Waals surface area contributed by atoms with Gasteiger partial charge in [0.05, 0.1) is 18.0 Å². The van der Waals surface area contributed by atoms with E-state index in [0.717, 1.165) is 24.4 Å². The second kappa shape index (κ2) is 8.80. The number of hydrogen-bond acceptors (Lipinski definition) is 6. The Morgan fingerprint density at radius 3 is 2.58 bits per heavy atom. The van der Waals surface area contributed by atoms with E-state index in [4.69, 9.17) is 4.74 Å². The van der Waals surface area contributed by atoms with Gasteiger partial charge in [0.1, 0.15) is 5.75 Å². The molecule has 0 atom stereocenters. The minimum Gasteiger partial charge on any atom is -0.489 e. The largest absolute Gasteiger partial charge is 0.489 e. The monoisotopic (exact) mass is 349 g/mol. The first kappa shape index (κ1) is 17.7. The molecule has 0 unspecified atom stereocenters. The standard InChI is InChI=1S/C20H23N5O/c1-15(2)26-18-11-7-6-10-17(18)23-19-14-22-25-20(24-19)21-13-12-16-8-4-3-5-9-16/h3-11,14-15H,12-13H2,1-2H3,(H2,21,23,24,25). The van der Waals surface area contributed by atoms with Gasteiger partial charge in [-0.15, -0.1) is 5.10 Å². The molecule has 0 aliphatic carbocycles. The molecule has 0 bridgehead atoms. The molecule has 0 amide bonds. The molecule has 0 aliphatic heterocycles. The fourth-order valence-corrected chi connectivity index (χ4v) is 2.47. The molecular weight excluding hydrogens is 326 g/mol. The first-order chi connectivity index (χ1) is 12.7. The third-order valence-corrected chi connectivity index (χ3v) is 3.61. The minimum absolute atomic E-state index is 0.0942. The maximum absolute atomic E-state index is 5.82. The van der Waals surface area contributed by atoms with Gasteiger partial charge >= 0.3 is 0 Å². The van der Waals surface area contributed by atoms with E-state index in [2.05, 4.69) is 37.9 Å². The van der Waals surface area contributed by atoms with Gasteiger partial charge in [-0.3, -0.25) is 0 Å². The van der Waals surface area contributed by atoms with Crippen molar-refractivity contribution in [1.29, 1.82) is 0 Å². The second-order valence-corrected chi connectivity index (χ2v) is 6.12. The number of ether oxygens (including phenoxy) is 1. The van der Waals surface area contributed by atoms with Crippen molar-refractivity contribution in [2.24, 2.45) is 0 Å². The van der Waals surface area contributed by atoms with Gasteiger partial charge in [0.25, 0.3) is 0 Å². The van der Waals surface area contributed by atoms with Crippen LogP contribution in [0.2, 0.25) is 0 Å². The number of nitrogens with one attached hydrogen (secondary N) is 2. The van der Waals surface area contributed by atoms with Crippen molar-refractivity contribution in [2.75, 3.05) is 17.2 Å². The van der Waals surface area contributed by atoms with Crippen LogP contribution in [-0.4, -0.2) is 27.8 Å². The van der Waals surface area contributed by atoms with Crippen molar-refractivity contribution in [3.8, 4) is 5.75 Å². The van der Waals surface area contributed by atoms with Crippen LogP contribution in [0.3, 0.4) is 0 Å². The van der Waals surface area contributed by atoms with Gasteiger partial charge in [-0.1, -0.05) is 42.5 Å². The lowest BCUT2D eigenvalue weighted by atomic mass is 10.1. The Morgan fingerprint density at radius 2 is 1.77 bits per heavy atom. The Bertz CT molecular complexity index is 823. The predicted octanol–water partition coefficient (Wildman–Crippen LogP) is 4.06. The van der Waals surface area contributed by atoms with Gasteiger partial charge in [0, 0.05) is 6.54 Å². The molecule has 3 aromatic rings. The molecule has 134 valence electrons. The fourth-order valence-electron chi connectivity index (χ4n) is 2.47. The summed E-state index contributed by atoms with van der Waals surface area (Å²) in [5.74, 6) is 1.88. The summed E-state index contributed by atoms with van der Waals surface area (Å²) < 4.78 is 5.82. The summed E-state index contributed by atoms with van der Waals surface area (Å²) >= 11 is 0. The number of para-hydroxylation sites is 2. The minimum atomic E-state index is 0.0942. The first-order valence-electron chi connectivity index (χ1n) is 8.71. The number of benzene rings is 2. The summed E-state index contributed by atoms with van der Waals surface area (Å²) in [7, 11) is 0. The molecule has 0 radical (unpaired) electrons. The maximum atomic E-state index is 5.82. The Labute approximate surface area is 153 Å². The SMILES string of the molecule is CC(C)Oc1ccccc1Nc1cnnc(NCCc2ccccc2)n1. The molecule has 6 heteroatoms. The number of hydrogen-bond donors (Lipinski definition) is 2. The summed E-state index contributed by atoms with van der Waals surface area (Å²) in [6, 6.07) is 18.1. The van der Waals surface area contributed by atoms with E-state index < -0.39 is 0 Å². The van der Waals surface area contributed by atoms with Crippen molar-refractivity contribution in [3.05, 3.63) is 66.4 Å². The van der Waals surface area contributed by atoms with Crippen LogP contribution in [-0.2, 0) is 6.42 Å². The second-order valence-electron chi connectivity index (χ2n) is 6.12. The highest BCUT2D eigenvalue weighted by atomic mass is 16.5. The zero-order valence-electron chi connectivity index (χ0n) is 15.0. The highest BCUT2D eigenvalue weighted by Crippen LogP contribution is 2.27. The molecule has 0 aliphatic rings. The number of aromatic nitrogens is 3. The van der Waals surface area contributed by atoms with E-state index in [1.165, 1.54) is 5.56 Å². The zero-order chi connectivity index (χ0) is 18.2. The molecule has 0 saturated heterocycles. The third kappa shape index (κ3) is 5.17. The topological polar surface area (TPSA) is 72.0 Å². The third-order valence-electron chi connectivity index (χ3n) is 3.61. The summed E-state index contributed by atoms with van der Waals surface area (Å²) in [5.41, 5.74) is 2.11. The quantitative estimate of drug-likeness (QED) is 0.639. The van der Waals surface area contributed by atoms with Crippen LogP contribution in [0.25, 0.3) is 0 Å². The summed E-state index contributed by atoms with van der Waals surface area (Å²) in [6.45, 7) is 4.73. The van der Waals surface area contributed by atoms with E-state index in [9.17, 15) is 0 Å². The summed E-state index contributed by atoms with van der Waals surface area (Å²) in [6.07, 6.45) is 2.58. The highest BCUT2D eigenvalue weighted by Gasteiger charge is 2.07. The van der Waals surface area contributed by atoms with Gasteiger partial charge in [0.15, 0.2) is 5.82 Å². The van der Waals surface area contributed by atoms with Gasteiger partial charge in [-0.25, -0.2) is 0 Å². The van der Waals surface area contributed by atoms with Gasteiger partial charge in [0.2, 0.25) is 5.95 Å². The van der Waals surface area contributed by atoms with Gasteiger partial charge in [-0.05, 0) is 38.0 Å². The highest BCUT2D eigenvalue weighted by molar-refractivity contribution is 5.64.